The van der Waals surface area contributed by atoms with Gasteiger partial charge in [-0.05, 0) is 23.5 Å². The van der Waals surface area contributed by atoms with Crippen molar-refractivity contribution in [1.82, 2.24) is 4.90 Å². The highest BCUT2D eigenvalue weighted by atomic mass is 16.5. The van der Waals surface area contributed by atoms with E-state index in [1.54, 1.807) is 0 Å². The molecule has 1 unspecified atom stereocenters. The standard InChI is InChI=1S/C18H28N2O/c1-15(2)8-9-17(16-6-4-3-5-7-16)13-20-10-11-21-18(12-19)14-20/h3-7,9,15,18H,8,10-14,19H2,1-2H3. The minimum absolute atomic E-state index is 0.181. The van der Waals surface area contributed by atoms with Crippen LogP contribution in [0.5, 0.6) is 0 Å². The summed E-state index contributed by atoms with van der Waals surface area (Å²) < 4.78 is 5.66. The molecule has 0 bridgehead atoms. The lowest BCUT2D eigenvalue weighted by molar-refractivity contribution is -0.0183. The number of morpholine rings is 1. The molecule has 0 aliphatic carbocycles. The molecule has 1 heterocycles. The minimum Gasteiger partial charge on any atom is -0.374 e. The zero-order valence-corrected chi connectivity index (χ0v) is 13.3. The van der Waals surface area contributed by atoms with Gasteiger partial charge in [0.05, 0.1) is 12.7 Å². The maximum atomic E-state index is 5.74. The monoisotopic (exact) mass is 288 g/mol. The summed E-state index contributed by atoms with van der Waals surface area (Å²) >= 11 is 0. The Bertz CT molecular complexity index is 442. The molecule has 0 spiro atoms. The van der Waals surface area contributed by atoms with E-state index in [0.717, 1.165) is 32.7 Å². The maximum Gasteiger partial charge on any atom is 0.0824 e. The second kappa shape index (κ2) is 8.32. The Hall–Kier alpha value is -1.16. The average Bonchev–Trinajstić information content (AvgIpc) is 2.52. The second-order valence-corrected chi connectivity index (χ2v) is 6.19. The molecule has 2 N–H and O–H groups in total. The predicted molar refractivity (Wildman–Crippen MR) is 89.1 cm³/mol. The molecule has 1 atom stereocenters. The zero-order chi connectivity index (χ0) is 15.1. The molecule has 1 saturated heterocycles. The van der Waals surface area contributed by atoms with Crippen molar-refractivity contribution in [2.24, 2.45) is 11.7 Å². The lowest BCUT2D eigenvalue weighted by Crippen LogP contribution is -2.46. The van der Waals surface area contributed by atoms with Crippen LogP contribution in [0.4, 0.5) is 0 Å². The van der Waals surface area contributed by atoms with E-state index < -0.39 is 0 Å². The molecular weight excluding hydrogens is 260 g/mol. The van der Waals surface area contributed by atoms with E-state index in [2.05, 4.69) is 55.2 Å². The molecule has 3 nitrogen and oxygen atoms in total. The minimum atomic E-state index is 0.181. The van der Waals surface area contributed by atoms with Crippen LogP contribution in [0.3, 0.4) is 0 Å². The molecule has 0 saturated carbocycles. The number of hydrogen-bond acceptors (Lipinski definition) is 3. The van der Waals surface area contributed by atoms with Crippen LogP contribution < -0.4 is 5.73 Å². The number of benzene rings is 1. The summed E-state index contributed by atoms with van der Waals surface area (Å²) in [6.45, 7) is 8.82. The highest BCUT2D eigenvalue weighted by molar-refractivity contribution is 5.66. The molecule has 21 heavy (non-hydrogen) atoms. The molecule has 3 heteroatoms. The fourth-order valence-corrected chi connectivity index (χ4v) is 2.61. The Morgan fingerprint density at radius 2 is 2.14 bits per heavy atom. The van der Waals surface area contributed by atoms with Gasteiger partial charge in [0.1, 0.15) is 0 Å². The lowest BCUT2D eigenvalue weighted by atomic mass is 10.0. The van der Waals surface area contributed by atoms with Crippen molar-refractivity contribution in [1.29, 1.82) is 0 Å². The third kappa shape index (κ3) is 5.27. The summed E-state index contributed by atoms with van der Waals surface area (Å²) in [6, 6.07) is 10.7. The van der Waals surface area contributed by atoms with Crippen LogP contribution in [0.2, 0.25) is 0 Å². The van der Waals surface area contributed by atoms with Gasteiger partial charge >= 0.3 is 0 Å². The maximum absolute atomic E-state index is 5.74. The summed E-state index contributed by atoms with van der Waals surface area (Å²) in [6.07, 6.45) is 3.70. The fourth-order valence-electron chi connectivity index (χ4n) is 2.61. The van der Waals surface area contributed by atoms with Crippen LogP contribution in [0.25, 0.3) is 5.57 Å². The van der Waals surface area contributed by atoms with Crippen molar-refractivity contribution >= 4 is 5.57 Å². The van der Waals surface area contributed by atoms with Crippen LogP contribution in [0, 0.1) is 5.92 Å². The summed E-state index contributed by atoms with van der Waals surface area (Å²) in [4.78, 5) is 2.46. The van der Waals surface area contributed by atoms with Crippen molar-refractivity contribution in [3.8, 4) is 0 Å². The molecule has 1 fully saturated rings. The van der Waals surface area contributed by atoms with E-state index >= 15 is 0 Å². The second-order valence-electron chi connectivity index (χ2n) is 6.19. The van der Waals surface area contributed by atoms with Gasteiger partial charge in [0.2, 0.25) is 0 Å². The topological polar surface area (TPSA) is 38.5 Å². The van der Waals surface area contributed by atoms with Gasteiger partial charge in [-0.25, -0.2) is 0 Å². The van der Waals surface area contributed by atoms with Gasteiger partial charge in [-0.2, -0.15) is 0 Å². The van der Waals surface area contributed by atoms with Gasteiger partial charge in [-0.1, -0.05) is 50.3 Å². The Balaban J connectivity index is 2.07. The smallest absolute Gasteiger partial charge is 0.0824 e. The number of allylic oxidation sites excluding steroid dienone is 1. The van der Waals surface area contributed by atoms with E-state index in [0.29, 0.717) is 12.5 Å². The third-order valence-electron chi connectivity index (χ3n) is 3.86. The highest BCUT2D eigenvalue weighted by Gasteiger charge is 2.20. The molecule has 1 aromatic carbocycles. The first-order valence-corrected chi connectivity index (χ1v) is 7.97. The van der Waals surface area contributed by atoms with Crippen LogP contribution in [0.1, 0.15) is 25.8 Å². The molecule has 2 rings (SSSR count). The quantitative estimate of drug-likeness (QED) is 0.875. The first kappa shape index (κ1) is 16.2. The van der Waals surface area contributed by atoms with Crippen molar-refractivity contribution in [3.05, 3.63) is 42.0 Å². The van der Waals surface area contributed by atoms with Crippen LogP contribution in [-0.4, -0.2) is 43.8 Å². The summed E-state index contributed by atoms with van der Waals surface area (Å²) in [5.41, 5.74) is 8.49. The fraction of sp³-hybridized carbons (Fsp3) is 0.556. The Kier molecular flexibility index (Phi) is 6.43. The Labute approximate surface area is 128 Å². The van der Waals surface area contributed by atoms with Crippen LogP contribution >= 0.6 is 0 Å². The molecule has 1 aliphatic heterocycles. The molecule has 1 aromatic rings. The first-order valence-electron chi connectivity index (χ1n) is 7.97. The van der Waals surface area contributed by atoms with Crippen LogP contribution in [-0.2, 0) is 4.74 Å². The van der Waals surface area contributed by atoms with E-state index in [1.165, 1.54) is 11.1 Å². The highest BCUT2D eigenvalue weighted by Crippen LogP contribution is 2.19. The Morgan fingerprint density at radius 1 is 1.38 bits per heavy atom. The van der Waals surface area contributed by atoms with Crippen molar-refractivity contribution < 1.29 is 4.74 Å². The third-order valence-corrected chi connectivity index (χ3v) is 3.86. The number of nitrogens with zero attached hydrogens (tertiary/aromatic N) is 1. The molecule has 0 aromatic heterocycles. The number of rotatable bonds is 6. The summed E-state index contributed by atoms with van der Waals surface area (Å²) in [5, 5.41) is 0. The van der Waals surface area contributed by atoms with E-state index in [1.807, 2.05) is 0 Å². The van der Waals surface area contributed by atoms with E-state index in [9.17, 15) is 0 Å². The molecule has 0 amide bonds. The van der Waals surface area contributed by atoms with E-state index in [-0.39, 0.29) is 6.10 Å². The van der Waals surface area contributed by atoms with Gasteiger partial charge in [-0.3, -0.25) is 4.90 Å². The normalized spacial score (nSPS) is 21.0. The van der Waals surface area contributed by atoms with E-state index in [4.69, 9.17) is 10.5 Å². The number of nitrogens with two attached hydrogens (primary N) is 1. The predicted octanol–water partition coefficient (Wildman–Crippen LogP) is 2.78. The molecular formula is C18H28N2O. The number of hydrogen-bond donors (Lipinski definition) is 1. The van der Waals surface area contributed by atoms with Crippen LogP contribution in [0.15, 0.2) is 36.4 Å². The number of ether oxygens (including phenoxy) is 1. The van der Waals surface area contributed by atoms with Gasteiger partial charge in [0, 0.05) is 26.2 Å². The summed E-state index contributed by atoms with van der Waals surface area (Å²) in [5.74, 6) is 0.685. The van der Waals surface area contributed by atoms with Gasteiger partial charge in [0.15, 0.2) is 0 Å². The van der Waals surface area contributed by atoms with Crippen molar-refractivity contribution in [2.75, 3.05) is 32.8 Å². The zero-order valence-electron chi connectivity index (χ0n) is 13.3. The molecule has 116 valence electrons. The average molecular weight is 288 g/mol. The van der Waals surface area contributed by atoms with Crippen molar-refractivity contribution in [2.45, 2.75) is 26.4 Å². The molecule has 1 aliphatic rings. The van der Waals surface area contributed by atoms with Gasteiger partial charge < -0.3 is 10.5 Å². The van der Waals surface area contributed by atoms with Gasteiger partial charge in [-0.15, -0.1) is 0 Å². The Morgan fingerprint density at radius 3 is 2.81 bits per heavy atom. The van der Waals surface area contributed by atoms with Crippen molar-refractivity contribution in [3.63, 3.8) is 0 Å². The summed E-state index contributed by atoms with van der Waals surface area (Å²) in [7, 11) is 0. The first-order chi connectivity index (χ1) is 10.2. The lowest BCUT2D eigenvalue weighted by Gasteiger charge is -2.33. The van der Waals surface area contributed by atoms with Gasteiger partial charge in [0.25, 0.3) is 0 Å². The largest absolute Gasteiger partial charge is 0.374 e. The molecule has 0 radical (unpaired) electrons. The SMILES string of the molecule is CC(C)CC=C(CN1CCOC(CN)C1)c1ccccc1.